The number of ether oxygens (including phenoxy) is 2. The topological polar surface area (TPSA) is 38.8 Å². The number of Topliss-reactive ketones (excluding diaryl/α,β-unsaturated/α-hetero) is 1. The molecule has 4 heteroatoms. The van der Waals surface area contributed by atoms with Crippen molar-refractivity contribution in [3.63, 3.8) is 0 Å². The van der Waals surface area contributed by atoms with Crippen LogP contribution in [-0.2, 0) is 14.3 Å². The standard InChI is InChI=1S/C16H27NO3/c1-2-7-17-8-10-19-14(12-17)15(18)13-4-9-20-16(11-13)5-3-6-16/h13-14H,2-12H2,1H3. The molecule has 2 saturated heterocycles. The Morgan fingerprint density at radius 3 is 2.90 bits per heavy atom. The molecule has 2 heterocycles. The van der Waals surface area contributed by atoms with E-state index in [-0.39, 0.29) is 17.6 Å². The van der Waals surface area contributed by atoms with Gasteiger partial charge in [-0.15, -0.1) is 0 Å². The molecule has 0 N–H and O–H groups in total. The Labute approximate surface area is 121 Å². The average Bonchev–Trinajstić information content (AvgIpc) is 2.46. The number of hydrogen-bond donors (Lipinski definition) is 0. The van der Waals surface area contributed by atoms with Gasteiger partial charge in [-0.3, -0.25) is 9.69 Å². The SMILES string of the molecule is CCCN1CCOC(C(=O)C2CCOC3(CCC3)C2)C1. The van der Waals surface area contributed by atoms with E-state index in [0.29, 0.717) is 12.4 Å². The fourth-order valence-electron chi connectivity index (χ4n) is 3.85. The first-order chi connectivity index (χ1) is 9.72. The van der Waals surface area contributed by atoms with Crippen molar-refractivity contribution in [2.24, 2.45) is 5.92 Å². The average molecular weight is 281 g/mol. The molecule has 3 rings (SSSR count). The summed E-state index contributed by atoms with van der Waals surface area (Å²) in [7, 11) is 0. The molecule has 3 fully saturated rings. The Morgan fingerprint density at radius 1 is 1.35 bits per heavy atom. The van der Waals surface area contributed by atoms with Gasteiger partial charge in [-0.05, 0) is 45.1 Å². The normalized spacial score (nSPS) is 33.9. The van der Waals surface area contributed by atoms with E-state index in [2.05, 4.69) is 11.8 Å². The number of carbonyl (C=O) groups excluding carboxylic acids is 1. The molecular weight excluding hydrogens is 254 g/mol. The quantitative estimate of drug-likeness (QED) is 0.790. The third-order valence-electron chi connectivity index (χ3n) is 5.17. The van der Waals surface area contributed by atoms with Crippen LogP contribution in [0.4, 0.5) is 0 Å². The number of rotatable bonds is 4. The van der Waals surface area contributed by atoms with Gasteiger partial charge in [-0.2, -0.15) is 0 Å². The number of nitrogens with zero attached hydrogens (tertiary/aromatic N) is 1. The zero-order valence-electron chi connectivity index (χ0n) is 12.6. The largest absolute Gasteiger partial charge is 0.375 e. The minimum absolute atomic E-state index is 0.0519. The van der Waals surface area contributed by atoms with Crippen LogP contribution in [0.15, 0.2) is 0 Å². The third kappa shape index (κ3) is 2.92. The molecule has 2 unspecified atom stereocenters. The van der Waals surface area contributed by atoms with E-state index in [4.69, 9.17) is 9.47 Å². The van der Waals surface area contributed by atoms with Crippen LogP contribution < -0.4 is 0 Å². The molecule has 4 nitrogen and oxygen atoms in total. The predicted molar refractivity (Wildman–Crippen MR) is 76.7 cm³/mol. The lowest BCUT2D eigenvalue weighted by molar-refractivity contribution is -0.165. The van der Waals surface area contributed by atoms with E-state index < -0.39 is 0 Å². The molecule has 2 aliphatic heterocycles. The summed E-state index contributed by atoms with van der Waals surface area (Å²) in [6, 6.07) is 0. The van der Waals surface area contributed by atoms with E-state index in [1.54, 1.807) is 0 Å². The van der Waals surface area contributed by atoms with E-state index >= 15 is 0 Å². The molecular formula is C16H27NO3. The summed E-state index contributed by atoms with van der Waals surface area (Å²) < 4.78 is 11.7. The molecule has 0 aromatic heterocycles. The van der Waals surface area contributed by atoms with Crippen LogP contribution in [0.25, 0.3) is 0 Å². The number of hydrogen-bond acceptors (Lipinski definition) is 4. The predicted octanol–water partition coefficient (Wildman–Crippen LogP) is 2.02. The van der Waals surface area contributed by atoms with Gasteiger partial charge < -0.3 is 9.47 Å². The fraction of sp³-hybridized carbons (Fsp3) is 0.938. The van der Waals surface area contributed by atoms with Gasteiger partial charge in [0.15, 0.2) is 5.78 Å². The number of carbonyl (C=O) groups is 1. The number of ketones is 1. The molecule has 1 aliphatic carbocycles. The van der Waals surface area contributed by atoms with Crippen molar-refractivity contribution in [3.05, 3.63) is 0 Å². The van der Waals surface area contributed by atoms with Gasteiger partial charge in [-0.25, -0.2) is 0 Å². The van der Waals surface area contributed by atoms with Crippen LogP contribution in [0, 0.1) is 5.92 Å². The van der Waals surface area contributed by atoms with Crippen LogP contribution in [0.1, 0.15) is 45.4 Å². The van der Waals surface area contributed by atoms with E-state index in [0.717, 1.165) is 58.3 Å². The molecule has 0 aromatic carbocycles. The molecule has 1 spiro atoms. The van der Waals surface area contributed by atoms with Crippen molar-refractivity contribution < 1.29 is 14.3 Å². The zero-order chi connectivity index (χ0) is 14.0. The van der Waals surface area contributed by atoms with Crippen molar-refractivity contribution in [1.29, 1.82) is 0 Å². The summed E-state index contributed by atoms with van der Waals surface area (Å²) in [6.45, 7) is 6.47. The smallest absolute Gasteiger partial charge is 0.166 e. The van der Waals surface area contributed by atoms with Gasteiger partial charge in [0.05, 0.1) is 12.2 Å². The van der Waals surface area contributed by atoms with Crippen LogP contribution in [0.3, 0.4) is 0 Å². The summed E-state index contributed by atoms with van der Waals surface area (Å²) in [4.78, 5) is 15.1. The van der Waals surface area contributed by atoms with Gasteiger partial charge in [0, 0.05) is 25.6 Å². The summed E-state index contributed by atoms with van der Waals surface area (Å²) in [5.74, 6) is 0.496. The summed E-state index contributed by atoms with van der Waals surface area (Å²) in [5.41, 5.74) is 0.0519. The highest BCUT2D eigenvalue weighted by Crippen LogP contribution is 2.44. The first-order valence-corrected chi connectivity index (χ1v) is 8.24. The van der Waals surface area contributed by atoms with Gasteiger partial charge in [0.25, 0.3) is 0 Å². The second kappa shape index (κ2) is 6.12. The van der Waals surface area contributed by atoms with Crippen LogP contribution in [0.2, 0.25) is 0 Å². The van der Waals surface area contributed by atoms with Gasteiger partial charge >= 0.3 is 0 Å². The summed E-state index contributed by atoms with van der Waals surface area (Å²) in [5, 5.41) is 0. The lowest BCUT2D eigenvalue weighted by atomic mass is 9.70. The Bertz CT molecular complexity index is 352. The number of morpholine rings is 1. The third-order valence-corrected chi connectivity index (χ3v) is 5.17. The lowest BCUT2D eigenvalue weighted by Crippen LogP contribution is -2.52. The molecule has 0 bridgehead atoms. The zero-order valence-corrected chi connectivity index (χ0v) is 12.6. The first-order valence-electron chi connectivity index (χ1n) is 8.24. The molecule has 0 amide bonds. The molecule has 2 atom stereocenters. The van der Waals surface area contributed by atoms with Crippen LogP contribution in [-0.4, -0.2) is 55.2 Å². The molecule has 114 valence electrons. The molecule has 0 radical (unpaired) electrons. The fourth-order valence-corrected chi connectivity index (χ4v) is 3.85. The Hall–Kier alpha value is -0.450. The molecule has 0 aromatic rings. The van der Waals surface area contributed by atoms with E-state index in [1.807, 2.05) is 0 Å². The van der Waals surface area contributed by atoms with Crippen molar-refractivity contribution in [2.45, 2.75) is 57.2 Å². The highest BCUT2D eigenvalue weighted by atomic mass is 16.5. The maximum atomic E-state index is 12.7. The van der Waals surface area contributed by atoms with Gasteiger partial charge in [0.1, 0.15) is 6.10 Å². The molecule has 20 heavy (non-hydrogen) atoms. The summed E-state index contributed by atoms with van der Waals surface area (Å²) >= 11 is 0. The summed E-state index contributed by atoms with van der Waals surface area (Å²) in [6.07, 6.45) is 6.30. The highest BCUT2D eigenvalue weighted by molar-refractivity contribution is 5.86. The van der Waals surface area contributed by atoms with Crippen molar-refractivity contribution in [3.8, 4) is 0 Å². The maximum absolute atomic E-state index is 12.7. The van der Waals surface area contributed by atoms with Crippen molar-refractivity contribution >= 4 is 5.78 Å². The van der Waals surface area contributed by atoms with Gasteiger partial charge in [-0.1, -0.05) is 6.92 Å². The van der Waals surface area contributed by atoms with Crippen LogP contribution in [0.5, 0.6) is 0 Å². The monoisotopic (exact) mass is 281 g/mol. The van der Waals surface area contributed by atoms with E-state index in [1.165, 1.54) is 6.42 Å². The van der Waals surface area contributed by atoms with Gasteiger partial charge in [0.2, 0.25) is 0 Å². The Kier molecular flexibility index (Phi) is 4.43. The lowest BCUT2D eigenvalue weighted by Gasteiger charge is -2.47. The van der Waals surface area contributed by atoms with Crippen molar-refractivity contribution in [2.75, 3.05) is 32.8 Å². The second-order valence-electron chi connectivity index (χ2n) is 6.64. The van der Waals surface area contributed by atoms with Crippen molar-refractivity contribution in [1.82, 2.24) is 4.90 Å². The first kappa shape index (κ1) is 14.5. The maximum Gasteiger partial charge on any atom is 0.166 e. The molecule has 3 aliphatic rings. The Morgan fingerprint density at radius 2 is 2.20 bits per heavy atom. The Balaban J connectivity index is 1.57. The molecule has 1 saturated carbocycles. The minimum Gasteiger partial charge on any atom is -0.375 e. The highest BCUT2D eigenvalue weighted by Gasteiger charge is 2.45. The van der Waals surface area contributed by atoms with E-state index in [9.17, 15) is 4.79 Å². The van der Waals surface area contributed by atoms with Crippen LogP contribution >= 0.6 is 0 Å². The second-order valence-corrected chi connectivity index (χ2v) is 6.64. The minimum atomic E-state index is -0.199.